The predicted octanol–water partition coefficient (Wildman–Crippen LogP) is 1.84. The van der Waals surface area contributed by atoms with E-state index >= 15 is 0 Å². The van der Waals surface area contributed by atoms with Crippen LogP contribution in [0.15, 0.2) is 17.3 Å². The van der Waals surface area contributed by atoms with Crippen molar-refractivity contribution >= 4 is 5.96 Å². The molecule has 5 heteroatoms. The summed E-state index contributed by atoms with van der Waals surface area (Å²) in [6.45, 7) is 9.37. The molecule has 0 bridgehead atoms. The molecular formula is C15H25N5. The molecule has 0 amide bonds. The van der Waals surface area contributed by atoms with Crippen LogP contribution in [0.25, 0.3) is 0 Å². The summed E-state index contributed by atoms with van der Waals surface area (Å²) in [6, 6.07) is 1.94. The van der Waals surface area contributed by atoms with Crippen molar-refractivity contribution in [1.29, 1.82) is 0 Å². The van der Waals surface area contributed by atoms with Gasteiger partial charge in [-0.05, 0) is 31.2 Å². The molecule has 0 saturated carbocycles. The number of aliphatic imine (C=N–C) groups is 1. The van der Waals surface area contributed by atoms with Gasteiger partial charge in [0.05, 0.1) is 12.2 Å². The van der Waals surface area contributed by atoms with Crippen LogP contribution in [0.1, 0.15) is 31.8 Å². The van der Waals surface area contributed by atoms with Crippen LogP contribution in [0.3, 0.4) is 0 Å². The molecule has 1 aromatic heterocycles. The van der Waals surface area contributed by atoms with Crippen LogP contribution in [-0.2, 0) is 6.54 Å². The zero-order chi connectivity index (χ0) is 14.5. The first kappa shape index (κ1) is 14.8. The number of guanidine groups is 1. The van der Waals surface area contributed by atoms with Gasteiger partial charge in [0.25, 0.3) is 0 Å². The Kier molecular flexibility index (Phi) is 4.93. The third kappa shape index (κ3) is 3.92. The van der Waals surface area contributed by atoms with Gasteiger partial charge in [0.1, 0.15) is 5.82 Å². The number of aryl methyl sites for hydroxylation is 1. The number of piperidine rings is 1. The van der Waals surface area contributed by atoms with E-state index in [0.717, 1.165) is 42.4 Å². The highest BCUT2D eigenvalue weighted by atomic mass is 15.3. The standard InChI is InChI=1S/C15H25N5/c1-11-7-12(2)10-20(9-11)15(16-4)18-8-14-5-6-17-13(3)19-14/h5-6,11-12H,7-10H2,1-4H3,(H,16,18). The first-order valence-corrected chi connectivity index (χ1v) is 7.32. The van der Waals surface area contributed by atoms with Gasteiger partial charge in [-0.25, -0.2) is 9.97 Å². The highest BCUT2D eigenvalue weighted by Gasteiger charge is 2.23. The second-order valence-corrected chi connectivity index (χ2v) is 5.85. The van der Waals surface area contributed by atoms with Crippen LogP contribution in [0, 0.1) is 18.8 Å². The van der Waals surface area contributed by atoms with Gasteiger partial charge in [0, 0.05) is 26.3 Å². The molecule has 0 spiro atoms. The summed E-state index contributed by atoms with van der Waals surface area (Å²) in [7, 11) is 1.84. The number of aromatic nitrogens is 2. The lowest BCUT2D eigenvalue weighted by Crippen LogP contribution is -2.48. The number of nitrogens with zero attached hydrogens (tertiary/aromatic N) is 4. The van der Waals surface area contributed by atoms with Crippen LogP contribution in [-0.4, -0.2) is 41.0 Å². The molecule has 0 aromatic carbocycles. The zero-order valence-electron chi connectivity index (χ0n) is 12.9. The Morgan fingerprint density at radius 3 is 2.70 bits per heavy atom. The summed E-state index contributed by atoms with van der Waals surface area (Å²) in [5, 5.41) is 3.41. The summed E-state index contributed by atoms with van der Waals surface area (Å²) >= 11 is 0. The number of hydrogen-bond donors (Lipinski definition) is 1. The van der Waals surface area contributed by atoms with Gasteiger partial charge >= 0.3 is 0 Å². The van der Waals surface area contributed by atoms with E-state index in [-0.39, 0.29) is 0 Å². The Morgan fingerprint density at radius 2 is 2.10 bits per heavy atom. The lowest BCUT2D eigenvalue weighted by molar-refractivity contribution is 0.208. The fourth-order valence-electron chi connectivity index (χ4n) is 2.94. The van der Waals surface area contributed by atoms with Crippen LogP contribution in [0.4, 0.5) is 0 Å². The molecule has 2 heterocycles. The summed E-state index contributed by atoms with van der Waals surface area (Å²) in [5.74, 6) is 3.22. The van der Waals surface area contributed by atoms with Gasteiger partial charge in [-0.1, -0.05) is 13.8 Å². The van der Waals surface area contributed by atoms with E-state index in [1.165, 1.54) is 6.42 Å². The minimum absolute atomic E-state index is 0.690. The third-order valence-corrected chi connectivity index (χ3v) is 3.64. The lowest BCUT2D eigenvalue weighted by Gasteiger charge is -2.37. The van der Waals surface area contributed by atoms with Crippen molar-refractivity contribution in [3.05, 3.63) is 23.8 Å². The normalized spacial score (nSPS) is 23.8. The number of hydrogen-bond acceptors (Lipinski definition) is 3. The lowest BCUT2D eigenvalue weighted by atomic mass is 9.92. The molecule has 1 aromatic rings. The topological polar surface area (TPSA) is 53.4 Å². The van der Waals surface area contributed by atoms with Gasteiger partial charge in [-0.3, -0.25) is 4.99 Å². The van der Waals surface area contributed by atoms with Gasteiger partial charge in [-0.15, -0.1) is 0 Å². The van der Waals surface area contributed by atoms with Crippen molar-refractivity contribution in [3.8, 4) is 0 Å². The number of nitrogens with one attached hydrogen (secondary N) is 1. The summed E-state index contributed by atoms with van der Waals surface area (Å²) in [6.07, 6.45) is 3.10. The average molecular weight is 275 g/mol. The minimum Gasteiger partial charge on any atom is -0.351 e. The maximum atomic E-state index is 4.41. The van der Waals surface area contributed by atoms with Crippen molar-refractivity contribution in [2.45, 2.75) is 33.7 Å². The molecule has 2 unspecified atom stereocenters. The average Bonchev–Trinajstić information content (AvgIpc) is 2.38. The molecule has 110 valence electrons. The molecule has 2 rings (SSSR count). The molecule has 1 aliphatic rings. The SMILES string of the molecule is CN=C(NCc1ccnc(C)n1)N1CC(C)CC(C)C1. The van der Waals surface area contributed by atoms with Crippen molar-refractivity contribution in [1.82, 2.24) is 20.2 Å². The number of rotatable bonds is 2. The molecule has 1 saturated heterocycles. The maximum Gasteiger partial charge on any atom is 0.193 e. The van der Waals surface area contributed by atoms with Gasteiger partial charge < -0.3 is 10.2 Å². The number of likely N-dealkylation sites (tertiary alicyclic amines) is 1. The van der Waals surface area contributed by atoms with Crippen molar-refractivity contribution in [2.75, 3.05) is 20.1 Å². The summed E-state index contributed by atoms with van der Waals surface area (Å²) in [4.78, 5) is 15.3. The molecule has 1 fully saturated rings. The van der Waals surface area contributed by atoms with E-state index in [2.05, 4.69) is 39.0 Å². The van der Waals surface area contributed by atoms with Gasteiger partial charge in [0.2, 0.25) is 0 Å². The highest BCUT2D eigenvalue weighted by Crippen LogP contribution is 2.20. The fraction of sp³-hybridized carbons (Fsp3) is 0.667. The Labute approximate surface area is 121 Å². The van der Waals surface area contributed by atoms with Crippen molar-refractivity contribution in [3.63, 3.8) is 0 Å². The van der Waals surface area contributed by atoms with Gasteiger partial charge in [0.15, 0.2) is 5.96 Å². The van der Waals surface area contributed by atoms with Crippen molar-refractivity contribution < 1.29 is 0 Å². The van der Waals surface area contributed by atoms with Crippen molar-refractivity contribution in [2.24, 2.45) is 16.8 Å². The summed E-state index contributed by atoms with van der Waals surface area (Å²) in [5.41, 5.74) is 0.997. The van der Waals surface area contributed by atoms with E-state index in [9.17, 15) is 0 Å². The minimum atomic E-state index is 0.690. The monoisotopic (exact) mass is 275 g/mol. The van der Waals surface area contributed by atoms with Crippen LogP contribution >= 0.6 is 0 Å². The van der Waals surface area contributed by atoms with Crippen LogP contribution < -0.4 is 5.32 Å². The highest BCUT2D eigenvalue weighted by molar-refractivity contribution is 5.79. The molecule has 5 nitrogen and oxygen atoms in total. The first-order valence-electron chi connectivity index (χ1n) is 7.32. The maximum absolute atomic E-state index is 4.41. The second kappa shape index (κ2) is 6.68. The van der Waals surface area contributed by atoms with E-state index in [1.807, 2.05) is 20.0 Å². The largest absolute Gasteiger partial charge is 0.351 e. The van der Waals surface area contributed by atoms with E-state index in [1.54, 1.807) is 6.20 Å². The fourth-order valence-corrected chi connectivity index (χ4v) is 2.94. The van der Waals surface area contributed by atoms with E-state index in [4.69, 9.17) is 0 Å². The predicted molar refractivity (Wildman–Crippen MR) is 81.5 cm³/mol. The zero-order valence-corrected chi connectivity index (χ0v) is 12.9. The molecule has 1 aliphatic heterocycles. The summed E-state index contributed by atoms with van der Waals surface area (Å²) < 4.78 is 0. The second-order valence-electron chi connectivity index (χ2n) is 5.85. The van der Waals surface area contributed by atoms with Crippen LogP contribution in [0.2, 0.25) is 0 Å². The Hall–Kier alpha value is -1.65. The van der Waals surface area contributed by atoms with Crippen LogP contribution in [0.5, 0.6) is 0 Å². The molecule has 0 radical (unpaired) electrons. The quantitative estimate of drug-likeness (QED) is 0.661. The third-order valence-electron chi connectivity index (χ3n) is 3.64. The molecule has 2 atom stereocenters. The van der Waals surface area contributed by atoms with Gasteiger partial charge in [-0.2, -0.15) is 0 Å². The Balaban J connectivity index is 1.96. The molecular weight excluding hydrogens is 250 g/mol. The van der Waals surface area contributed by atoms with E-state index < -0.39 is 0 Å². The molecule has 1 N–H and O–H groups in total. The molecule has 0 aliphatic carbocycles. The smallest absolute Gasteiger partial charge is 0.193 e. The first-order chi connectivity index (χ1) is 9.58. The molecule has 20 heavy (non-hydrogen) atoms. The van der Waals surface area contributed by atoms with E-state index in [0.29, 0.717) is 6.54 Å². The Morgan fingerprint density at radius 1 is 1.40 bits per heavy atom. The Bertz CT molecular complexity index is 461.